The van der Waals surface area contributed by atoms with Crippen LogP contribution in [0.25, 0.3) is 12.2 Å². The van der Waals surface area contributed by atoms with Gasteiger partial charge in [-0.05, 0) is 5.56 Å². The van der Waals surface area contributed by atoms with Crippen LogP contribution in [-0.4, -0.2) is 5.92 Å². The zero-order chi connectivity index (χ0) is 20.9. The Morgan fingerprint density at radius 2 is 1.17 bits per heavy atom. The van der Waals surface area contributed by atoms with Crippen LogP contribution in [0.15, 0.2) is 91.0 Å². The number of benzene rings is 3. The number of hydrogen-bond acceptors (Lipinski definition) is 0. The summed E-state index contributed by atoms with van der Waals surface area (Å²) in [5, 5.41) is 0. The molecular formula is C27H28ClSiZr. The Hall–Kier alpha value is -1.47. The molecule has 5 rings (SSSR count). The first-order valence-corrected chi connectivity index (χ1v) is 21.2. The topological polar surface area (TPSA) is 0 Å². The van der Waals surface area contributed by atoms with Crippen molar-refractivity contribution in [1.82, 2.24) is 0 Å². The first-order chi connectivity index (χ1) is 14.7. The van der Waals surface area contributed by atoms with Gasteiger partial charge in [-0.25, -0.2) is 0 Å². The summed E-state index contributed by atoms with van der Waals surface area (Å²) in [6.45, 7) is 5.19. The second-order valence-corrected chi connectivity index (χ2v) is 28.8. The van der Waals surface area contributed by atoms with Gasteiger partial charge in [0.15, 0.2) is 0 Å². The Kier molecular flexibility index (Phi) is 7.41. The van der Waals surface area contributed by atoms with Gasteiger partial charge in [0.2, 0.25) is 0 Å². The van der Waals surface area contributed by atoms with Crippen LogP contribution < -0.4 is 0 Å². The van der Waals surface area contributed by atoms with Crippen LogP contribution in [0.2, 0.25) is 13.1 Å². The number of hydrogen-bond donors (Lipinski definition) is 0. The molecule has 2 aliphatic carbocycles. The molecule has 2 aliphatic rings. The van der Waals surface area contributed by atoms with E-state index in [9.17, 15) is 0 Å². The van der Waals surface area contributed by atoms with E-state index in [1.165, 1.54) is 16.7 Å². The first kappa shape index (κ1) is 21.8. The third-order valence-electron chi connectivity index (χ3n) is 5.98. The van der Waals surface area contributed by atoms with Crippen molar-refractivity contribution in [2.75, 3.05) is 0 Å². The van der Waals surface area contributed by atoms with Crippen molar-refractivity contribution >= 4 is 29.7 Å². The summed E-state index contributed by atoms with van der Waals surface area (Å²) in [6, 6.07) is 28.1. The largest absolute Gasteiger partial charge is 0.122 e. The van der Waals surface area contributed by atoms with Crippen LogP contribution in [0, 0.1) is 0 Å². The molecule has 2 unspecified atom stereocenters. The van der Waals surface area contributed by atoms with E-state index in [-0.39, 0.29) is 0 Å². The number of fused-ring (bicyclic) bond motifs is 2. The Morgan fingerprint density at radius 3 is 1.60 bits per heavy atom. The van der Waals surface area contributed by atoms with Gasteiger partial charge in [-0.1, -0.05) is 30.3 Å². The Bertz CT molecular complexity index is 980. The summed E-state index contributed by atoms with van der Waals surface area (Å²) in [6.07, 6.45) is 9.84. The minimum absolute atomic E-state index is 0.612. The van der Waals surface area contributed by atoms with E-state index in [4.69, 9.17) is 11.6 Å². The molecule has 0 bridgehead atoms. The summed E-state index contributed by atoms with van der Waals surface area (Å²) >= 11 is 3.91. The van der Waals surface area contributed by atoms with Crippen LogP contribution in [0.1, 0.15) is 35.1 Å². The van der Waals surface area contributed by atoms with Gasteiger partial charge in [-0.15, -0.1) is 11.6 Å². The van der Waals surface area contributed by atoms with Crippen LogP contribution in [0.5, 0.6) is 0 Å². The maximum Gasteiger partial charge on any atom is 0.0474 e. The molecule has 3 heteroatoms. The molecule has 30 heavy (non-hydrogen) atoms. The smallest absolute Gasteiger partial charge is 0.0474 e. The summed E-state index contributed by atoms with van der Waals surface area (Å²) in [7, 11) is 0. The van der Waals surface area contributed by atoms with E-state index in [0.717, 1.165) is 7.25 Å². The third-order valence-corrected chi connectivity index (χ3v) is 27.7. The fourth-order valence-corrected chi connectivity index (χ4v) is 25.8. The standard InChI is InChI=1S/2C9H7.C7H7Cl.C2H7Si.Zr/c2*1-2-5-9-7-3-6-8(9)4-1;8-6-7-4-2-1-3-5-7;1-3-2;/h2*1-7H;1-5H,6H2;3H,1-2H3;. The van der Waals surface area contributed by atoms with Crippen LogP contribution in [0.3, 0.4) is 0 Å². The number of rotatable bonds is 4. The molecule has 0 spiro atoms. The molecule has 0 nitrogen and oxygen atoms in total. The summed E-state index contributed by atoms with van der Waals surface area (Å²) < 4.78 is 1.57. The number of alkyl halides is 1. The van der Waals surface area contributed by atoms with Crippen molar-refractivity contribution in [3.8, 4) is 0 Å². The van der Waals surface area contributed by atoms with E-state index in [0.29, 0.717) is 5.88 Å². The molecule has 2 atom stereocenters. The molecular weight excluding hydrogens is 479 g/mol. The van der Waals surface area contributed by atoms with Crippen molar-refractivity contribution in [3.05, 3.63) is 119 Å². The fraction of sp³-hybridized carbons (Fsp3) is 0.185. The van der Waals surface area contributed by atoms with Crippen LogP contribution in [-0.2, 0) is 26.8 Å². The van der Waals surface area contributed by atoms with E-state index < -0.39 is 26.8 Å². The normalized spacial score (nSPS) is 18.0. The maximum atomic E-state index is 5.53. The van der Waals surface area contributed by atoms with E-state index in [2.05, 4.69) is 85.9 Å². The molecule has 3 aromatic carbocycles. The molecule has 0 heterocycles. The van der Waals surface area contributed by atoms with Gasteiger partial charge < -0.3 is 0 Å². The molecule has 0 radical (unpaired) electrons. The van der Waals surface area contributed by atoms with Crippen molar-refractivity contribution in [1.29, 1.82) is 0 Å². The van der Waals surface area contributed by atoms with Gasteiger partial charge >= 0.3 is 142 Å². The van der Waals surface area contributed by atoms with Gasteiger partial charge in [-0.3, -0.25) is 0 Å². The third kappa shape index (κ3) is 4.72. The van der Waals surface area contributed by atoms with Gasteiger partial charge in [0.25, 0.3) is 0 Å². The number of allylic oxidation sites excluding steroid dienone is 2. The Balaban J connectivity index is 0.000000230. The molecule has 0 N–H and O–H groups in total. The summed E-state index contributed by atoms with van der Waals surface area (Å²) in [5.74, 6) is -0.00331. The predicted octanol–water partition coefficient (Wildman–Crippen LogP) is 7.55. The molecule has 0 aromatic heterocycles. The fourth-order valence-electron chi connectivity index (χ4n) is 4.56. The SMILES string of the molecule is C[SiH](C)[Zr]([CH]1C=Cc2ccccc21)[CH]1C=Cc2ccccc21.ClCc1ccccc1. The molecule has 0 saturated heterocycles. The van der Waals surface area contributed by atoms with Gasteiger partial charge in [-0.2, -0.15) is 0 Å². The predicted molar refractivity (Wildman–Crippen MR) is 131 cm³/mol. The molecule has 0 fully saturated rings. The van der Waals surface area contributed by atoms with Gasteiger partial charge in [0.1, 0.15) is 0 Å². The zero-order valence-electron chi connectivity index (χ0n) is 17.6. The molecule has 151 valence electrons. The van der Waals surface area contributed by atoms with Gasteiger partial charge in [0.05, 0.1) is 0 Å². The van der Waals surface area contributed by atoms with Crippen molar-refractivity contribution in [3.63, 3.8) is 0 Å². The Morgan fingerprint density at radius 1 is 0.700 bits per heavy atom. The zero-order valence-corrected chi connectivity index (χ0v) is 22.0. The van der Waals surface area contributed by atoms with Gasteiger partial charge in [0, 0.05) is 5.88 Å². The van der Waals surface area contributed by atoms with E-state index in [1.54, 1.807) is 11.1 Å². The minimum atomic E-state index is -1.62. The van der Waals surface area contributed by atoms with Crippen molar-refractivity contribution < 1.29 is 20.9 Å². The maximum absolute atomic E-state index is 5.53. The van der Waals surface area contributed by atoms with E-state index in [1.807, 2.05) is 30.3 Å². The second-order valence-electron chi connectivity index (χ2n) is 8.21. The monoisotopic (exact) mass is 505 g/mol. The van der Waals surface area contributed by atoms with Crippen LogP contribution in [0.4, 0.5) is 0 Å². The average Bonchev–Trinajstić information content (AvgIpc) is 3.40. The summed E-state index contributed by atoms with van der Waals surface area (Å²) in [5.41, 5.74) is 7.35. The summed E-state index contributed by atoms with van der Waals surface area (Å²) in [4.78, 5) is 0. The number of halogens is 1. The molecule has 0 saturated carbocycles. The molecule has 3 aromatic rings. The minimum Gasteiger partial charge on any atom is -0.122 e. The van der Waals surface area contributed by atoms with Crippen molar-refractivity contribution in [2.24, 2.45) is 0 Å². The molecule has 0 amide bonds. The van der Waals surface area contributed by atoms with E-state index >= 15 is 0 Å². The average molecular weight is 507 g/mol. The molecule has 0 aliphatic heterocycles. The first-order valence-electron chi connectivity index (χ1n) is 10.7. The Labute approximate surface area is 194 Å². The quantitative estimate of drug-likeness (QED) is 0.253. The van der Waals surface area contributed by atoms with Crippen molar-refractivity contribution in [2.45, 2.75) is 26.2 Å². The van der Waals surface area contributed by atoms with Crippen LogP contribution >= 0.6 is 11.6 Å². The second kappa shape index (κ2) is 10.2.